The van der Waals surface area contributed by atoms with Gasteiger partial charge in [0.25, 0.3) is 0 Å². The Morgan fingerprint density at radius 3 is 2.53 bits per heavy atom. The van der Waals surface area contributed by atoms with Gasteiger partial charge in [0.05, 0.1) is 11.5 Å². The Hall–Kier alpha value is -1.09. The van der Waals surface area contributed by atoms with Gasteiger partial charge in [0, 0.05) is 0 Å². The molecule has 90 valence electrons. The minimum Gasteiger partial charge on any atom is -0.223 e. The number of sulfone groups is 1. The van der Waals surface area contributed by atoms with Gasteiger partial charge in [-0.3, -0.25) is 0 Å². The van der Waals surface area contributed by atoms with Gasteiger partial charge in [0.15, 0.2) is 9.84 Å². The minimum atomic E-state index is -3.65. The maximum absolute atomic E-state index is 12.7. The Kier molecular flexibility index (Phi) is 2.15. The molecule has 0 radical (unpaired) electrons. The van der Waals surface area contributed by atoms with Crippen molar-refractivity contribution in [3.8, 4) is 0 Å². The molecule has 2 fully saturated rings. The van der Waals surface area contributed by atoms with E-state index in [4.69, 9.17) is 1.37 Å². The zero-order valence-electron chi connectivity index (χ0n) is 10.6. The van der Waals surface area contributed by atoms with E-state index in [0.29, 0.717) is 5.57 Å². The second-order valence-electron chi connectivity index (χ2n) is 4.91. The smallest absolute Gasteiger partial charge is 0.185 e. The summed E-state index contributed by atoms with van der Waals surface area (Å²) in [6.45, 7) is 3.92. The van der Waals surface area contributed by atoms with Gasteiger partial charge in [0.2, 0.25) is 0 Å². The van der Waals surface area contributed by atoms with Crippen molar-refractivity contribution < 1.29 is 9.79 Å². The second-order valence-corrected chi connectivity index (χ2v) is 6.83. The zero-order valence-corrected chi connectivity index (χ0v) is 10.4. The molecule has 3 heteroatoms. The van der Waals surface area contributed by atoms with E-state index >= 15 is 0 Å². The lowest BCUT2D eigenvalue weighted by atomic mass is 9.96. The minimum absolute atomic E-state index is 0.0831. The van der Waals surface area contributed by atoms with Crippen LogP contribution in [-0.2, 0) is 9.84 Å². The van der Waals surface area contributed by atoms with Crippen LogP contribution in [0, 0.1) is 11.8 Å². The molecule has 2 aliphatic carbocycles. The molecular formula is C14H16O2S. The first-order chi connectivity index (χ1) is 8.48. The fraction of sp³-hybridized carbons (Fsp3) is 0.429. The number of hydrogen-bond donors (Lipinski definition) is 0. The summed E-state index contributed by atoms with van der Waals surface area (Å²) in [6.07, 6.45) is 2.64. The molecular weight excluding hydrogens is 232 g/mol. The summed E-state index contributed by atoms with van der Waals surface area (Å²) in [5.74, 6) is 0.145. The molecule has 17 heavy (non-hydrogen) atoms. The molecule has 2 aliphatic rings. The molecule has 0 saturated heterocycles. The normalized spacial score (nSPS) is 37.2. The van der Waals surface area contributed by atoms with E-state index in [-0.39, 0.29) is 16.7 Å². The molecule has 1 aromatic carbocycles. The van der Waals surface area contributed by atoms with Crippen molar-refractivity contribution in [2.24, 2.45) is 11.8 Å². The monoisotopic (exact) mass is 249 g/mol. The fourth-order valence-corrected chi connectivity index (χ4v) is 5.05. The molecule has 0 aliphatic heterocycles. The van der Waals surface area contributed by atoms with Crippen molar-refractivity contribution in [2.45, 2.75) is 29.4 Å². The largest absolute Gasteiger partial charge is 0.223 e. The third kappa shape index (κ3) is 1.56. The predicted octanol–water partition coefficient (Wildman–Crippen LogP) is 2.82. The molecule has 3 atom stereocenters. The highest BCUT2D eigenvalue weighted by atomic mass is 32.2. The van der Waals surface area contributed by atoms with E-state index in [2.05, 4.69) is 6.58 Å². The maximum atomic E-state index is 12.7. The molecule has 2 bridgehead atoms. The first kappa shape index (κ1) is 9.89. The SMILES string of the molecule is [2H][C@@]1(S(=O)(=O)c2ccccc2)C(=C)[C@@H]2CC[C@H]1C2. The van der Waals surface area contributed by atoms with Crippen molar-refractivity contribution in [3.63, 3.8) is 0 Å². The van der Waals surface area contributed by atoms with E-state index < -0.39 is 15.1 Å². The second kappa shape index (κ2) is 3.70. The van der Waals surface area contributed by atoms with Crippen LogP contribution >= 0.6 is 0 Å². The molecule has 3 rings (SSSR count). The highest BCUT2D eigenvalue weighted by molar-refractivity contribution is 7.92. The molecule has 2 nitrogen and oxygen atoms in total. The average molecular weight is 249 g/mol. The van der Waals surface area contributed by atoms with Crippen LogP contribution in [0.2, 0.25) is 0 Å². The summed E-state index contributed by atoms with van der Waals surface area (Å²) < 4.78 is 33.9. The first-order valence-corrected chi connectivity index (χ1v) is 7.45. The van der Waals surface area contributed by atoms with Gasteiger partial charge in [-0.15, -0.1) is 0 Å². The van der Waals surface area contributed by atoms with Crippen LogP contribution in [0.15, 0.2) is 47.4 Å². The summed E-state index contributed by atoms with van der Waals surface area (Å²) in [7, 11) is -3.65. The number of rotatable bonds is 2. The van der Waals surface area contributed by atoms with Crippen LogP contribution in [0.25, 0.3) is 0 Å². The highest BCUT2D eigenvalue weighted by Crippen LogP contribution is 2.51. The Morgan fingerprint density at radius 2 is 1.94 bits per heavy atom. The molecule has 2 saturated carbocycles. The number of hydrogen-bond acceptors (Lipinski definition) is 2. The van der Waals surface area contributed by atoms with Crippen molar-refractivity contribution in [1.29, 1.82) is 0 Å². The molecule has 0 aromatic heterocycles. The zero-order chi connectivity index (χ0) is 13.0. The van der Waals surface area contributed by atoms with Gasteiger partial charge in [-0.2, -0.15) is 0 Å². The number of fused-ring (bicyclic) bond motifs is 2. The van der Waals surface area contributed by atoms with E-state index in [1.165, 1.54) is 0 Å². The lowest BCUT2D eigenvalue weighted by Gasteiger charge is -2.24. The molecule has 1 aromatic rings. The Bertz CT molecular complexity index is 593. The van der Waals surface area contributed by atoms with Crippen LogP contribution in [0.5, 0.6) is 0 Å². The molecule has 0 amide bonds. The van der Waals surface area contributed by atoms with E-state index in [9.17, 15) is 8.42 Å². The summed E-state index contributed by atoms with van der Waals surface area (Å²) >= 11 is 0. The summed E-state index contributed by atoms with van der Waals surface area (Å²) in [6, 6.07) is 8.33. The molecule has 0 heterocycles. The lowest BCUT2D eigenvalue weighted by molar-refractivity contribution is 0.523. The molecule has 0 spiro atoms. The number of benzene rings is 1. The van der Waals surface area contributed by atoms with Crippen molar-refractivity contribution in [3.05, 3.63) is 42.5 Å². The third-order valence-electron chi connectivity index (χ3n) is 3.96. The quantitative estimate of drug-likeness (QED) is 0.755. The van der Waals surface area contributed by atoms with Gasteiger partial charge >= 0.3 is 0 Å². The first-order valence-electron chi connectivity index (χ1n) is 6.47. The molecule has 0 N–H and O–H groups in total. The van der Waals surface area contributed by atoms with Crippen molar-refractivity contribution >= 4 is 9.84 Å². The van der Waals surface area contributed by atoms with E-state index in [1.54, 1.807) is 30.3 Å². The Labute approximate surface area is 104 Å². The maximum Gasteiger partial charge on any atom is 0.185 e. The van der Waals surface area contributed by atoms with Gasteiger partial charge in [-0.25, -0.2) is 8.42 Å². The van der Waals surface area contributed by atoms with E-state index in [1.807, 2.05) is 0 Å². The van der Waals surface area contributed by atoms with E-state index in [0.717, 1.165) is 19.3 Å². The molecule has 0 unspecified atom stereocenters. The summed E-state index contributed by atoms with van der Waals surface area (Å²) in [5.41, 5.74) is 0.600. The van der Waals surface area contributed by atoms with Crippen LogP contribution in [0.4, 0.5) is 0 Å². The lowest BCUT2D eigenvalue weighted by Crippen LogP contribution is -2.29. The summed E-state index contributed by atoms with van der Waals surface area (Å²) in [4.78, 5) is 0.244. The average Bonchev–Trinajstić information content (AvgIpc) is 2.94. The standard InChI is InChI=1S/C14H16O2S/c1-10-11-7-8-12(9-11)14(10)17(15,16)13-5-3-2-4-6-13/h2-6,11-12,14H,1,7-9H2/t11-,12+,14-/m1/s1/i14D. The van der Waals surface area contributed by atoms with Crippen molar-refractivity contribution in [2.75, 3.05) is 0 Å². The van der Waals surface area contributed by atoms with Crippen LogP contribution in [0.3, 0.4) is 0 Å². The topological polar surface area (TPSA) is 34.1 Å². The van der Waals surface area contributed by atoms with Crippen LogP contribution in [0.1, 0.15) is 20.6 Å². The highest BCUT2D eigenvalue weighted by Gasteiger charge is 2.49. The summed E-state index contributed by atoms with van der Waals surface area (Å²) in [5, 5.41) is -1.50. The van der Waals surface area contributed by atoms with Gasteiger partial charge in [-0.1, -0.05) is 30.4 Å². The van der Waals surface area contributed by atoms with Crippen LogP contribution in [-0.4, -0.2) is 13.6 Å². The van der Waals surface area contributed by atoms with Gasteiger partial charge in [-0.05, 0) is 43.2 Å². The van der Waals surface area contributed by atoms with Crippen LogP contribution < -0.4 is 0 Å². The van der Waals surface area contributed by atoms with Gasteiger partial charge in [0.1, 0.15) is 0 Å². The Balaban J connectivity index is 2.13. The third-order valence-corrected chi connectivity index (χ3v) is 6.02. The van der Waals surface area contributed by atoms with Crippen molar-refractivity contribution in [1.82, 2.24) is 0 Å². The fourth-order valence-electron chi connectivity index (χ4n) is 3.12. The predicted molar refractivity (Wildman–Crippen MR) is 67.4 cm³/mol. The van der Waals surface area contributed by atoms with Gasteiger partial charge < -0.3 is 0 Å². The Morgan fingerprint density at radius 1 is 1.24 bits per heavy atom.